The third kappa shape index (κ3) is 3.22. The van der Waals surface area contributed by atoms with Crippen LogP contribution in [0.25, 0.3) is 70.2 Å². The molecule has 3 heterocycles. The molecule has 0 aliphatic heterocycles. The fourth-order valence-corrected chi connectivity index (χ4v) is 6.80. The van der Waals surface area contributed by atoms with E-state index in [2.05, 4.69) is 138 Å². The zero-order valence-corrected chi connectivity index (χ0v) is 21.3. The zero-order valence-electron chi connectivity index (χ0n) is 20.5. The summed E-state index contributed by atoms with van der Waals surface area (Å²) in [6.07, 6.45) is 0. The van der Waals surface area contributed by atoms with E-state index in [0.717, 1.165) is 28.2 Å². The van der Waals surface area contributed by atoms with Crippen LogP contribution in [0.4, 0.5) is 0 Å². The Kier molecular flexibility index (Phi) is 4.73. The van der Waals surface area contributed by atoms with Gasteiger partial charge in [-0.05, 0) is 30.3 Å². The minimum atomic E-state index is 0.968. The Morgan fingerprint density at radius 1 is 0.500 bits per heavy atom. The molecule has 0 aliphatic rings. The molecule has 38 heavy (non-hydrogen) atoms. The van der Waals surface area contributed by atoms with Gasteiger partial charge in [0.15, 0.2) is 0 Å². The smallest absolute Gasteiger partial charge is 0.0730 e. The van der Waals surface area contributed by atoms with E-state index in [0.29, 0.717) is 0 Å². The zero-order chi connectivity index (χ0) is 25.1. The molecule has 8 rings (SSSR count). The number of fused-ring (bicyclic) bond motifs is 7. The monoisotopic (exact) mass is 502 g/mol. The van der Waals surface area contributed by atoms with Crippen molar-refractivity contribution in [2.24, 2.45) is 0 Å². The second-order valence-electron chi connectivity index (χ2n) is 9.61. The Bertz CT molecular complexity index is 2060. The molecule has 3 heteroatoms. The topological polar surface area (TPSA) is 17.8 Å². The lowest BCUT2D eigenvalue weighted by Crippen LogP contribution is -1.98. The van der Waals surface area contributed by atoms with Crippen LogP contribution in [0.3, 0.4) is 0 Å². The lowest BCUT2D eigenvalue weighted by molar-refractivity contribution is 1.16. The third-order valence-corrected chi connectivity index (χ3v) is 8.52. The van der Waals surface area contributed by atoms with Gasteiger partial charge in [0.05, 0.1) is 28.1 Å². The Morgan fingerprint density at radius 3 is 1.82 bits per heavy atom. The van der Waals surface area contributed by atoms with Crippen LogP contribution in [-0.4, -0.2) is 9.55 Å². The fourth-order valence-electron chi connectivity index (χ4n) is 5.69. The average molecular weight is 503 g/mol. The highest BCUT2D eigenvalue weighted by Crippen LogP contribution is 2.43. The molecular formula is C35H22N2S. The molecule has 8 aromatic rings. The molecule has 0 aliphatic carbocycles. The van der Waals surface area contributed by atoms with E-state index in [1.54, 1.807) is 0 Å². The maximum absolute atomic E-state index is 5.13. The van der Waals surface area contributed by atoms with Crippen LogP contribution >= 0.6 is 11.3 Å². The Morgan fingerprint density at radius 2 is 1.11 bits per heavy atom. The standard InChI is InChI=1S/C35H22N2S/c1-3-11-23(12-4-1)29-21-25(22-30(36-29)24-13-5-2-6-14-24)37-31-17-9-7-15-26(31)27-19-20-33-34(35(27)37)28-16-8-10-18-32(28)38-33/h1-22H. The van der Waals surface area contributed by atoms with Gasteiger partial charge >= 0.3 is 0 Å². The molecule has 178 valence electrons. The van der Waals surface area contributed by atoms with Crippen LogP contribution in [0.5, 0.6) is 0 Å². The molecule has 0 amide bonds. The first kappa shape index (κ1) is 21.4. The third-order valence-electron chi connectivity index (χ3n) is 7.38. The van der Waals surface area contributed by atoms with Crippen LogP contribution in [0, 0.1) is 0 Å². The normalized spacial score (nSPS) is 11.7. The molecule has 3 aromatic heterocycles. The fraction of sp³-hybridized carbons (Fsp3) is 0. The summed E-state index contributed by atoms with van der Waals surface area (Å²) >= 11 is 1.86. The number of aromatic nitrogens is 2. The van der Waals surface area contributed by atoms with Crippen LogP contribution in [0.2, 0.25) is 0 Å². The van der Waals surface area contributed by atoms with Crippen molar-refractivity contribution in [2.45, 2.75) is 0 Å². The molecule has 0 atom stereocenters. The van der Waals surface area contributed by atoms with E-state index in [1.807, 2.05) is 11.3 Å². The SMILES string of the molecule is c1ccc(-c2cc(-n3c4ccccc4c4ccc5sc6ccccc6c5c43)cc(-c3ccccc3)n2)cc1. The molecule has 0 unspecified atom stereocenters. The lowest BCUT2D eigenvalue weighted by atomic mass is 10.1. The van der Waals surface area contributed by atoms with Gasteiger partial charge < -0.3 is 4.57 Å². The highest BCUT2D eigenvalue weighted by molar-refractivity contribution is 7.26. The largest absolute Gasteiger partial charge is 0.308 e. The van der Waals surface area contributed by atoms with Gasteiger partial charge in [0.25, 0.3) is 0 Å². The van der Waals surface area contributed by atoms with Crippen molar-refractivity contribution in [1.29, 1.82) is 0 Å². The molecule has 0 bridgehead atoms. The summed E-state index contributed by atoms with van der Waals surface area (Å²) in [4.78, 5) is 5.13. The van der Waals surface area contributed by atoms with Crippen molar-refractivity contribution in [3.63, 3.8) is 0 Å². The maximum Gasteiger partial charge on any atom is 0.0730 e. The summed E-state index contributed by atoms with van der Waals surface area (Å²) in [5.41, 5.74) is 7.73. The summed E-state index contributed by atoms with van der Waals surface area (Å²) in [6, 6.07) is 47.5. The predicted octanol–water partition coefficient (Wildman–Crippen LogP) is 9.88. The van der Waals surface area contributed by atoms with Crippen molar-refractivity contribution >= 4 is 53.3 Å². The van der Waals surface area contributed by atoms with Crippen molar-refractivity contribution in [2.75, 3.05) is 0 Å². The Hall–Kier alpha value is -4.73. The van der Waals surface area contributed by atoms with E-state index in [9.17, 15) is 0 Å². The number of benzene rings is 5. The number of rotatable bonds is 3. The summed E-state index contributed by atoms with van der Waals surface area (Å²) in [5.74, 6) is 0. The number of para-hydroxylation sites is 1. The van der Waals surface area contributed by atoms with Gasteiger partial charge in [-0.15, -0.1) is 11.3 Å². The Balaban J connectivity index is 1.54. The van der Waals surface area contributed by atoms with Gasteiger partial charge in [-0.1, -0.05) is 103 Å². The predicted molar refractivity (Wildman–Crippen MR) is 162 cm³/mol. The van der Waals surface area contributed by atoms with Gasteiger partial charge in [0.1, 0.15) is 0 Å². The minimum Gasteiger partial charge on any atom is -0.308 e. The van der Waals surface area contributed by atoms with E-state index in [-0.39, 0.29) is 0 Å². The number of hydrogen-bond donors (Lipinski definition) is 0. The summed E-state index contributed by atoms with van der Waals surface area (Å²) in [6.45, 7) is 0. The van der Waals surface area contributed by atoms with Crippen LogP contribution < -0.4 is 0 Å². The van der Waals surface area contributed by atoms with Crippen molar-refractivity contribution in [3.05, 3.63) is 133 Å². The number of thiophene rings is 1. The first-order valence-electron chi connectivity index (χ1n) is 12.8. The second kappa shape index (κ2) is 8.41. The number of pyridine rings is 1. The molecule has 0 N–H and O–H groups in total. The minimum absolute atomic E-state index is 0.968. The van der Waals surface area contributed by atoms with Crippen LogP contribution in [-0.2, 0) is 0 Å². The lowest BCUT2D eigenvalue weighted by Gasteiger charge is -2.14. The van der Waals surface area contributed by atoms with Gasteiger partial charge in [0.2, 0.25) is 0 Å². The summed E-state index contributed by atoms with van der Waals surface area (Å²) < 4.78 is 5.08. The van der Waals surface area contributed by atoms with Crippen LogP contribution in [0.1, 0.15) is 0 Å². The van der Waals surface area contributed by atoms with Crippen LogP contribution in [0.15, 0.2) is 133 Å². The second-order valence-corrected chi connectivity index (χ2v) is 10.7. The molecular weight excluding hydrogens is 480 g/mol. The first-order valence-corrected chi connectivity index (χ1v) is 13.6. The molecule has 0 saturated heterocycles. The molecule has 0 fully saturated rings. The van der Waals surface area contributed by atoms with Gasteiger partial charge in [-0.2, -0.15) is 0 Å². The molecule has 0 spiro atoms. The van der Waals surface area contributed by atoms with E-state index in [1.165, 1.54) is 42.0 Å². The quantitative estimate of drug-likeness (QED) is 0.235. The van der Waals surface area contributed by atoms with E-state index in [4.69, 9.17) is 4.98 Å². The van der Waals surface area contributed by atoms with Crippen molar-refractivity contribution in [1.82, 2.24) is 9.55 Å². The van der Waals surface area contributed by atoms with E-state index < -0.39 is 0 Å². The highest BCUT2D eigenvalue weighted by Gasteiger charge is 2.19. The molecule has 0 radical (unpaired) electrons. The highest BCUT2D eigenvalue weighted by atomic mass is 32.1. The number of nitrogens with zero attached hydrogens (tertiary/aromatic N) is 2. The molecule has 0 saturated carbocycles. The van der Waals surface area contributed by atoms with Crippen molar-refractivity contribution in [3.8, 4) is 28.2 Å². The summed E-state index contributed by atoms with van der Waals surface area (Å²) in [5, 5.41) is 5.16. The first-order chi connectivity index (χ1) is 18.8. The van der Waals surface area contributed by atoms with Crippen molar-refractivity contribution < 1.29 is 0 Å². The van der Waals surface area contributed by atoms with E-state index >= 15 is 0 Å². The molecule has 5 aromatic carbocycles. The van der Waals surface area contributed by atoms with Gasteiger partial charge in [-0.3, -0.25) is 0 Å². The van der Waals surface area contributed by atoms with Gasteiger partial charge in [0, 0.05) is 42.1 Å². The van der Waals surface area contributed by atoms with Gasteiger partial charge in [-0.25, -0.2) is 4.98 Å². The average Bonchev–Trinajstić information content (AvgIpc) is 3.53. The Labute approximate surface area is 224 Å². The number of hydrogen-bond acceptors (Lipinski definition) is 2. The summed E-state index contributed by atoms with van der Waals surface area (Å²) in [7, 11) is 0. The molecule has 2 nitrogen and oxygen atoms in total. The maximum atomic E-state index is 5.13.